The van der Waals surface area contributed by atoms with Crippen molar-refractivity contribution in [3.63, 3.8) is 0 Å². The summed E-state index contributed by atoms with van der Waals surface area (Å²) in [5.41, 5.74) is 8.08. The second-order valence-corrected chi connectivity index (χ2v) is 8.82. The van der Waals surface area contributed by atoms with E-state index in [1.54, 1.807) is 24.3 Å². The first-order chi connectivity index (χ1) is 13.6. The van der Waals surface area contributed by atoms with Crippen molar-refractivity contribution in [3.8, 4) is 0 Å². The number of piperidine rings is 1. The molecule has 0 radical (unpaired) electrons. The van der Waals surface area contributed by atoms with Crippen molar-refractivity contribution < 1.29 is 9.53 Å². The van der Waals surface area contributed by atoms with Crippen molar-refractivity contribution in [1.29, 1.82) is 0 Å². The molecule has 1 saturated heterocycles. The highest BCUT2D eigenvalue weighted by molar-refractivity contribution is 5.90. The number of methoxy groups -OCH3 is 1. The second-order valence-electron chi connectivity index (χ2n) is 8.82. The lowest BCUT2D eigenvalue weighted by atomic mass is 9.79. The van der Waals surface area contributed by atoms with E-state index in [1.807, 2.05) is 0 Å². The molecule has 1 fully saturated rings. The van der Waals surface area contributed by atoms with E-state index in [0.29, 0.717) is 22.9 Å². The summed E-state index contributed by atoms with van der Waals surface area (Å²) in [6.07, 6.45) is 3.40. The van der Waals surface area contributed by atoms with Crippen LogP contribution >= 0.6 is 0 Å². The molecule has 0 amide bonds. The summed E-state index contributed by atoms with van der Waals surface area (Å²) in [7, 11) is 1.36. The number of ether oxygens (including phenoxy) is 1. The summed E-state index contributed by atoms with van der Waals surface area (Å²) < 4.78 is 4.72. The standard InChI is InChI=1S/C21H30N6O2/c1-20(2)10-15(11-21(3,4)27-20)26-18-16(22)17(23-12-24-18)25-14-8-6-13(7-9-14)19(28)29-5/h6-9,12,15,27H,10-11,22H2,1-5H3,(H2,23,24,25,26). The lowest BCUT2D eigenvalue weighted by molar-refractivity contribution is 0.0600. The molecule has 0 saturated carbocycles. The number of hydrogen-bond acceptors (Lipinski definition) is 8. The zero-order chi connectivity index (χ0) is 21.2. The van der Waals surface area contributed by atoms with Crippen LogP contribution in [0.3, 0.4) is 0 Å². The van der Waals surface area contributed by atoms with Gasteiger partial charge in [0.2, 0.25) is 0 Å². The van der Waals surface area contributed by atoms with Crippen LogP contribution < -0.4 is 21.7 Å². The Morgan fingerprint density at radius 1 is 1.10 bits per heavy atom. The lowest BCUT2D eigenvalue weighted by Crippen LogP contribution is -2.60. The number of nitrogens with zero attached hydrogens (tertiary/aromatic N) is 2. The van der Waals surface area contributed by atoms with Gasteiger partial charge in [0.1, 0.15) is 12.0 Å². The maximum absolute atomic E-state index is 11.6. The van der Waals surface area contributed by atoms with Gasteiger partial charge in [-0.3, -0.25) is 0 Å². The molecule has 2 aromatic rings. The summed E-state index contributed by atoms with van der Waals surface area (Å²) in [6, 6.07) is 7.16. The maximum Gasteiger partial charge on any atom is 0.337 e. The van der Waals surface area contributed by atoms with Crippen molar-refractivity contribution in [2.45, 2.75) is 57.7 Å². The van der Waals surface area contributed by atoms with Crippen LogP contribution in [0.5, 0.6) is 0 Å². The molecule has 0 spiro atoms. The minimum atomic E-state index is -0.377. The number of carbonyl (C=O) groups excluding carboxylic acids is 1. The fourth-order valence-electron chi connectivity index (χ4n) is 4.17. The third kappa shape index (κ3) is 5.14. The van der Waals surface area contributed by atoms with Crippen molar-refractivity contribution in [2.75, 3.05) is 23.5 Å². The molecule has 2 heterocycles. The summed E-state index contributed by atoms with van der Waals surface area (Å²) in [5.74, 6) is 0.755. The van der Waals surface area contributed by atoms with Crippen LogP contribution in [0.2, 0.25) is 0 Å². The average molecular weight is 399 g/mol. The van der Waals surface area contributed by atoms with E-state index in [-0.39, 0.29) is 23.1 Å². The van der Waals surface area contributed by atoms with Gasteiger partial charge in [-0.15, -0.1) is 0 Å². The third-order valence-electron chi connectivity index (χ3n) is 4.98. The summed E-state index contributed by atoms with van der Waals surface area (Å²) in [4.78, 5) is 20.2. The Morgan fingerprint density at radius 2 is 1.69 bits per heavy atom. The fourth-order valence-corrected chi connectivity index (χ4v) is 4.17. The van der Waals surface area contributed by atoms with Crippen LogP contribution in [-0.2, 0) is 4.74 Å². The number of carbonyl (C=O) groups is 1. The number of anilines is 4. The van der Waals surface area contributed by atoms with Crippen LogP contribution in [0.15, 0.2) is 30.6 Å². The van der Waals surface area contributed by atoms with Crippen molar-refractivity contribution in [1.82, 2.24) is 15.3 Å². The molecule has 1 aromatic carbocycles. The molecular formula is C21H30N6O2. The largest absolute Gasteiger partial charge is 0.465 e. The topological polar surface area (TPSA) is 114 Å². The highest BCUT2D eigenvalue weighted by Crippen LogP contribution is 2.32. The lowest BCUT2D eigenvalue weighted by Gasteiger charge is -2.46. The predicted octanol–water partition coefficient (Wildman–Crippen LogP) is 3.31. The summed E-state index contributed by atoms with van der Waals surface area (Å²) in [5, 5.41) is 10.4. The Balaban J connectivity index is 1.75. The molecule has 3 rings (SSSR count). The molecule has 1 aliphatic rings. The molecule has 0 unspecified atom stereocenters. The van der Waals surface area contributed by atoms with Crippen LogP contribution in [0.1, 0.15) is 50.9 Å². The van der Waals surface area contributed by atoms with Crippen molar-refractivity contribution in [2.24, 2.45) is 0 Å². The van der Waals surface area contributed by atoms with Gasteiger partial charge in [0.15, 0.2) is 11.6 Å². The van der Waals surface area contributed by atoms with Gasteiger partial charge in [0.05, 0.1) is 12.7 Å². The third-order valence-corrected chi connectivity index (χ3v) is 4.98. The molecule has 1 aromatic heterocycles. The van der Waals surface area contributed by atoms with Crippen LogP contribution in [-0.4, -0.2) is 40.2 Å². The van der Waals surface area contributed by atoms with E-state index in [0.717, 1.165) is 18.5 Å². The van der Waals surface area contributed by atoms with Crippen LogP contribution in [0, 0.1) is 0 Å². The molecular weight excluding hydrogens is 368 g/mol. The predicted molar refractivity (Wildman–Crippen MR) is 115 cm³/mol. The van der Waals surface area contributed by atoms with Crippen LogP contribution in [0.25, 0.3) is 0 Å². The number of nitrogens with one attached hydrogen (secondary N) is 3. The molecule has 0 aliphatic carbocycles. The van der Waals surface area contributed by atoms with Crippen molar-refractivity contribution in [3.05, 3.63) is 36.2 Å². The van der Waals surface area contributed by atoms with Crippen LogP contribution in [0.4, 0.5) is 23.0 Å². The first-order valence-electron chi connectivity index (χ1n) is 9.70. The first-order valence-corrected chi connectivity index (χ1v) is 9.70. The smallest absolute Gasteiger partial charge is 0.337 e. The SMILES string of the molecule is COC(=O)c1ccc(Nc2ncnc(NC3CC(C)(C)NC(C)(C)C3)c2N)cc1. The number of hydrogen-bond donors (Lipinski definition) is 4. The van der Waals surface area contributed by atoms with Crippen molar-refractivity contribution >= 4 is 29.0 Å². The molecule has 8 heteroatoms. The first kappa shape index (κ1) is 20.9. The zero-order valence-corrected chi connectivity index (χ0v) is 17.7. The van der Waals surface area contributed by atoms with Gasteiger partial charge in [0, 0.05) is 22.8 Å². The monoisotopic (exact) mass is 398 g/mol. The van der Waals surface area contributed by atoms with Gasteiger partial charge in [-0.2, -0.15) is 0 Å². The quantitative estimate of drug-likeness (QED) is 0.567. The Bertz CT molecular complexity index is 863. The Morgan fingerprint density at radius 3 is 2.28 bits per heavy atom. The fraction of sp³-hybridized carbons (Fsp3) is 0.476. The molecule has 29 heavy (non-hydrogen) atoms. The molecule has 156 valence electrons. The van der Waals surface area contributed by atoms with E-state index in [9.17, 15) is 4.79 Å². The van der Waals surface area contributed by atoms with Gasteiger partial charge >= 0.3 is 5.97 Å². The van der Waals surface area contributed by atoms with Gasteiger partial charge in [-0.1, -0.05) is 0 Å². The van der Waals surface area contributed by atoms with Gasteiger partial charge in [-0.25, -0.2) is 14.8 Å². The summed E-state index contributed by atoms with van der Waals surface area (Å²) in [6.45, 7) is 8.82. The van der Waals surface area contributed by atoms with E-state index >= 15 is 0 Å². The highest BCUT2D eigenvalue weighted by atomic mass is 16.5. The number of aromatic nitrogens is 2. The van der Waals surface area contributed by atoms with E-state index in [1.165, 1.54) is 13.4 Å². The Labute approximate surface area is 171 Å². The average Bonchev–Trinajstić information content (AvgIpc) is 2.62. The minimum Gasteiger partial charge on any atom is -0.465 e. The zero-order valence-electron chi connectivity index (χ0n) is 17.7. The molecule has 1 aliphatic heterocycles. The maximum atomic E-state index is 11.6. The summed E-state index contributed by atoms with van der Waals surface area (Å²) >= 11 is 0. The van der Waals surface area contributed by atoms with Gasteiger partial charge < -0.3 is 26.4 Å². The normalized spacial score (nSPS) is 18.1. The molecule has 5 N–H and O–H groups in total. The molecule has 0 atom stereocenters. The minimum absolute atomic E-state index is 0.0175. The van der Waals surface area contributed by atoms with Gasteiger partial charge in [-0.05, 0) is 64.8 Å². The van der Waals surface area contributed by atoms with E-state index in [4.69, 9.17) is 10.5 Å². The highest BCUT2D eigenvalue weighted by Gasteiger charge is 2.37. The molecule has 0 bridgehead atoms. The number of rotatable bonds is 5. The number of esters is 1. The number of nitrogen functional groups attached to an aromatic ring is 1. The number of nitrogens with two attached hydrogens (primary N) is 1. The second kappa shape index (κ2) is 7.87. The van der Waals surface area contributed by atoms with E-state index < -0.39 is 0 Å². The Kier molecular flexibility index (Phi) is 5.66. The number of benzene rings is 1. The Hall–Kier alpha value is -2.87. The van der Waals surface area contributed by atoms with Gasteiger partial charge in [0.25, 0.3) is 0 Å². The van der Waals surface area contributed by atoms with E-state index in [2.05, 4.69) is 53.6 Å². The molecule has 8 nitrogen and oxygen atoms in total.